The first-order chi connectivity index (χ1) is 8.61. The summed E-state index contributed by atoms with van der Waals surface area (Å²) in [4.78, 5) is 14.8. The number of anilines is 2. The van der Waals surface area contributed by atoms with Crippen molar-refractivity contribution in [1.29, 1.82) is 0 Å². The molecule has 0 aliphatic carbocycles. The largest absolute Gasteiger partial charge is 0.399 e. The van der Waals surface area contributed by atoms with Crippen molar-refractivity contribution in [3.63, 3.8) is 0 Å². The van der Waals surface area contributed by atoms with Gasteiger partial charge >= 0.3 is 0 Å². The standard InChI is InChI=1S/C13H13BrN2OS/c1-2-16(10-5-3-9(15)4-6-10)13(17)11-7-8-12(14)18-11/h3-8H,2,15H2,1H3. The number of carbonyl (C=O) groups is 1. The highest BCUT2D eigenvalue weighted by molar-refractivity contribution is 9.11. The molecule has 1 aromatic carbocycles. The Morgan fingerprint density at radius 2 is 1.94 bits per heavy atom. The molecular formula is C13H13BrN2OS. The van der Waals surface area contributed by atoms with Gasteiger partial charge in [-0.3, -0.25) is 4.79 Å². The lowest BCUT2D eigenvalue weighted by Crippen LogP contribution is -2.29. The van der Waals surface area contributed by atoms with Crippen LogP contribution in [0.5, 0.6) is 0 Å². The van der Waals surface area contributed by atoms with Crippen LogP contribution in [0.2, 0.25) is 0 Å². The predicted molar refractivity (Wildman–Crippen MR) is 80.2 cm³/mol. The van der Waals surface area contributed by atoms with Crippen LogP contribution in [0.3, 0.4) is 0 Å². The van der Waals surface area contributed by atoms with Crippen molar-refractivity contribution in [2.75, 3.05) is 17.2 Å². The summed E-state index contributed by atoms with van der Waals surface area (Å²) in [7, 11) is 0. The fourth-order valence-corrected chi connectivity index (χ4v) is 3.00. The van der Waals surface area contributed by atoms with Gasteiger partial charge < -0.3 is 10.6 Å². The molecule has 5 heteroatoms. The molecule has 2 N–H and O–H groups in total. The summed E-state index contributed by atoms with van der Waals surface area (Å²) < 4.78 is 0.958. The highest BCUT2D eigenvalue weighted by Gasteiger charge is 2.17. The van der Waals surface area contributed by atoms with Gasteiger partial charge in [-0.15, -0.1) is 11.3 Å². The van der Waals surface area contributed by atoms with E-state index in [9.17, 15) is 4.79 Å². The predicted octanol–water partition coefficient (Wildman–Crippen LogP) is 3.76. The van der Waals surface area contributed by atoms with Crippen molar-refractivity contribution >= 4 is 44.5 Å². The van der Waals surface area contributed by atoms with Crippen LogP contribution < -0.4 is 10.6 Å². The van der Waals surface area contributed by atoms with Gasteiger partial charge in [0, 0.05) is 17.9 Å². The smallest absolute Gasteiger partial charge is 0.268 e. The zero-order valence-electron chi connectivity index (χ0n) is 9.89. The molecular weight excluding hydrogens is 312 g/mol. The molecule has 3 nitrogen and oxygen atoms in total. The molecule has 0 aliphatic rings. The van der Waals surface area contributed by atoms with Crippen molar-refractivity contribution < 1.29 is 4.79 Å². The number of nitrogens with zero attached hydrogens (tertiary/aromatic N) is 1. The normalized spacial score (nSPS) is 10.3. The summed E-state index contributed by atoms with van der Waals surface area (Å²) in [6.07, 6.45) is 0. The first-order valence-corrected chi connectivity index (χ1v) is 7.15. The molecule has 0 saturated carbocycles. The Balaban J connectivity index is 2.28. The Morgan fingerprint density at radius 3 is 2.44 bits per heavy atom. The van der Waals surface area contributed by atoms with Crippen molar-refractivity contribution in [3.05, 3.63) is 45.1 Å². The fourth-order valence-electron chi connectivity index (χ4n) is 1.66. The molecule has 0 saturated heterocycles. The molecule has 1 heterocycles. The molecule has 2 aromatic rings. The second-order valence-corrected chi connectivity index (χ2v) is 6.21. The minimum Gasteiger partial charge on any atom is -0.399 e. The molecule has 0 atom stereocenters. The number of carbonyl (C=O) groups excluding carboxylic acids is 1. The summed E-state index contributed by atoms with van der Waals surface area (Å²) in [6, 6.07) is 11.0. The topological polar surface area (TPSA) is 46.3 Å². The number of benzene rings is 1. The molecule has 0 radical (unpaired) electrons. The van der Waals surface area contributed by atoms with E-state index in [1.54, 1.807) is 17.0 Å². The molecule has 18 heavy (non-hydrogen) atoms. The van der Waals surface area contributed by atoms with E-state index in [2.05, 4.69) is 15.9 Å². The molecule has 1 amide bonds. The first-order valence-electron chi connectivity index (χ1n) is 5.54. The average Bonchev–Trinajstić information content (AvgIpc) is 2.79. The number of nitrogens with two attached hydrogens (primary N) is 1. The van der Waals surface area contributed by atoms with Gasteiger partial charge in [-0.25, -0.2) is 0 Å². The van der Waals surface area contributed by atoms with Crippen molar-refractivity contribution in [2.45, 2.75) is 6.92 Å². The van der Waals surface area contributed by atoms with Crippen LogP contribution in [0, 0.1) is 0 Å². The monoisotopic (exact) mass is 324 g/mol. The van der Waals surface area contributed by atoms with Gasteiger partial charge in [-0.2, -0.15) is 0 Å². The Kier molecular flexibility index (Phi) is 4.04. The van der Waals surface area contributed by atoms with E-state index < -0.39 is 0 Å². The van der Waals surface area contributed by atoms with Gasteiger partial charge in [-0.1, -0.05) is 0 Å². The number of thiophene rings is 1. The molecule has 0 unspecified atom stereocenters. The lowest BCUT2D eigenvalue weighted by Gasteiger charge is -2.20. The van der Waals surface area contributed by atoms with Crippen LogP contribution in [0.25, 0.3) is 0 Å². The second-order valence-electron chi connectivity index (χ2n) is 3.74. The van der Waals surface area contributed by atoms with Crippen LogP contribution in [-0.4, -0.2) is 12.5 Å². The fraction of sp³-hybridized carbons (Fsp3) is 0.154. The number of hydrogen-bond donors (Lipinski definition) is 1. The minimum atomic E-state index is 0.0120. The van der Waals surface area contributed by atoms with Crippen LogP contribution in [0.1, 0.15) is 16.6 Å². The van der Waals surface area contributed by atoms with Crippen LogP contribution in [0.15, 0.2) is 40.2 Å². The van der Waals surface area contributed by atoms with Crippen LogP contribution >= 0.6 is 27.3 Å². The number of amides is 1. The zero-order valence-corrected chi connectivity index (χ0v) is 12.3. The number of rotatable bonds is 3. The molecule has 0 spiro atoms. The van der Waals surface area contributed by atoms with E-state index >= 15 is 0 Å². The third-order valence-electron chi connectivity index (χ3n) is 2.55. The summed E-state index contributed by atoms with van der Waals surface area (Å²) in [5.74, 6) is 0.0120. The van der Waals surface area contributed by atoms with Crippen molar-refractivity contribution in [3.8, 4) is 0 Å². The lowest BCUT2D eigenvalue weighted by molar-refractivity contribution is 0.0992. The molecule has 2 rings (SSSR count). The Hall–Kier alpha value is -1.33. The zero-order chi connectivity index (χ0) is 13.1. The van der Waals surface area contributed by atoms with Gasteiger partial charge in [0.2, 0.25) is 0 Å². The van der Waals surface area contributed by atoms with E-state index in [0.717, 1.165) is 14.4 Å². The van der Waals surface area contributed by atoms with E-state index in [0.29, 0.717) is 12.2 Å². The Bertz CT molecular complexity index is 550. The molecule has 0 bridgehead atoms. The van der Waals surface area contributed by atoms with Crippen molar-refractivity contribution in [1.82, 2.24) is 0 Å². The van der Waals surface area contributed by atoms with Crippen molar-refractivity contribution in [2.24, 2.45) is 0 Å². The average molecular weight is 325 g/mol. The Morgan fingerprint density at radius 1 is 1.28 bits per heavy atom. The minimum absolute atomic E-state index is 0.0120. The van der Waals surface area contributed by atoms with Gasteiger partial charge in [0.05, 0.1) is 8.66 Å². The Labute approximate surface area is 118 Å². The molecule has 0 fully saturated rings. The van der Waals surface area contributed by atoms with Crippen LogP contribution in [-0.2, 0) is 0 Å². The maximum atomic E-state index is 12.4. The van der Waals surface area contributed by atoms with Crippen LogP contribution in [0.4, 0.5) is 11.4 Å². The van der Waals surface area contributed by atoms with E-state index in [4.69, 9.17) is 5.73 Å². The summed E-state index contributed by atoms with van der Waals surface area (Å²) in [5, 5.41) is 0. The van der Waals surface area contributed by atoms with E-state index in [1.807, 2.05) is 31.2 Å². The first kappa shape index (κ1) is 13.1. The SMILES string of the molecule is CCN(C(=O)c1ccc(Br)s1)c1ccc(N)cc1. The summed E-state index contributed by atoms with van der Waals surface area (Å²) in [5.41, 5.74) is 7.21. The summed E-state index contributed by atoms with van der Waals surface area (Å²) in [6.45, 7) is 2.58. The van der Waals surface area contributed by atoms with E-state index in [1.165, 1.54) is 11.3 Å². The molecule has 94 valence electrons. The maximum absolute atomic E-state index is 12.4. The second kappa shape index (κ2) is 5.54. The molecule has 1 aromatic heterocycles. The van der Waals surface area contributed by atoms with Gasteiger partial charge in [-0.05, 0) is 59.3 Å². The van der Waals surface area contributed by atoms with Gasteiger partial charge in [0.25, 0.3) is 5.91 Å². The highest BCUT2D eigenvalue weighted by Crippen LogP contribution is 2.25. The third-order valence-corrected chi connectivity index (χ3v) is 4.16. The maximum Gasteiger partial charge on any atom is 0.268 e. The number of hydrogen-bond acceptors (Lipinski definition) is 3. The number of halogens is 1. The lowest BCUT2D eigenvalue weighted by atomic mass is 10.2. The summed E-state index contributed by atoms with van der Waals surface area (Å²) >= 11 is 4.81. The molecule has 0 aliphatic heterocycles. The quantitative estimate of drug-likeness (QED) is 0.874. The van der Waals surface area contributed by atoms with E-state index in [-0.39, 0.29) is 5.91 Å². The third kappa shape index (κ3) is 2.73. The highest BCUT2D eigenvalue weighted by atomic mass is 79.9. The van der Waals surface area contributed by atoms with Gasteiger partial charge in [0.1, 0.15) is 0 Å². The number of nitrogen functional groups attached to an aromatic ring is 1. The van der Waals surface area contributed by atoms with Gasteiger partial charge in [0.15, 0.2) is 0 Å².